The van der Waals surface area contributed by atoms with Crippen molar-refractivity contribution in [2.45, 2.75) is 59.8 Å². The monoisotopic (exact) mass is 281 g/mol. The third-order valence-corrected chi connectivity index (χ3v) is 5.58. The zero-order valence-corrected chi connectivity index (χ0v) is 13.6. The third-order valence-electron chi connectivity index (χ3n) is 5.58. The van der Waals surface area contributed by atoms with E-state index < -0.39 is 0 Å². The van der Waals surface area contributed by atoms with E-state index in [1.54, 1.807) is 0 Å². The van der Waals surface area contributed by atoms with Crippen molar-refractivity contribution in [3.63, 3.8) is 0 Å². The van der Waals surface area contributed by atoms with Gasteiger partial charge in [-0.25, -0.2) is 0 Å². The molecule has 3 unspecified atom stereocenters. The molecule has 1 aliphatic carbocycles. The number of nitrogens with one attached hydrogen (secondary N) is 1. The Balaban J connectivity index is 2.08. The standard InChI is InChI=1S/C17H31NO2/c1-5-20-15(19)14-11-18-12-17(14)9-6-7-13(8-10-17)16(2,3)4/h13-14,18H,5-12H2,1-4H3. The van der Waals surface area contributed by atoms with Gasteiger partial charge in [-0.05, 0) is 49.4 Å². The molecule has 0 aromatic carbocycles. The molecule has 2 rings (SSSR count). The van der Waals surface area contributed by atoms with Crippen LogP contribution in [0.4, 0.5) is 0 Å². The van der Waals surface area contributed by atoms with E-state index in [9.17, 15) is 4.79 Å². The van der Waals surface area contributed by atoms with Crippen molar-refractivity contribution in [3.05, 3.63) is 0 Å². The summed E-state index contributed by atoms with van der Waals surface area (Å²) >= 11 is 0. The molecular formula is C17H31NO2. The van der Waals surface area contributed by atoms with Crippen molar-refractivity contribution in [3.8, 4) is 0 Å². The van der Waals surface area contributed by atoms with Crippen LogP contribution in [-0.4, -0.2) is 25.7 Å². The molecule has 3 nitrogen and oxygen atoms in total. The van der Waals surface area contributed by atoms with Crippen LogP contribution < -0.4 is 5.32 Å². The molecule has 0 amide bonds. The van der Waals surface area contributed by atoms with Crippen molar-refractivity contribution in [2.75, 3.05) is 19.7 Å². The Bertz CT molecular complexity index is 347. The first-order valence-corrected chi connectivity index (χ1v) is 8.26. The molecule has 1 spiro atoms. The highest BCUT2D eigenvalue weighted by Crippen LogP contribution is 2.48. The van der Waals surface area contributed by atoms with Crippen molar-refractivity contribution in [2.24, 2.45) is 22.7 Å². The van der Waals surface area contributed by atoms with Crippen LogP contribution in [-0.2, 0) is 9.53 Å². The van der Waals surface area contributed by atoms with Gasteiger partial charge in [0.25, 0.3) is 0 Å². The van der Waals surface area contributed by atoms with E-state index in [4.69, 9.17) is 4.74 Å². The van der Waals surface area contributed by atoms with Gasteiger partial charge in [0.05, 0.1) is 12.5 Å². The molecule has 1 saturated carbocycles. The van der Waals surface area contributed by atoms with Crippen LogP contribution >= 0.6 is 0 Å². The Morgan fingerprint density at radius 3 is 2.70 bits per heavy atom. The van der Waals surface area contributed by atoms with Gasteiger partial charge in [0.2, 0.25) is 0 Å². The van der Waals surface area contributed by atoms with E-state index in [0.717, 1.165) is 19.0 Å². The molecule has 116 valence electrons. The molecule has 0 aromatic rings. The lowest BCUT2D eigenvalue weighted by Gasteiger charge is -2.33. The molecule has 2 aliphatic rings. The Morgan fingerprint density at radius 2 is 2.05 bits per heavy atom. The van der Waals surface area contributed by atoms with Gasteiger partial charge in [0.15, 0.2) is 0 Å². The SMILES string of the molecule is CCOC(=O)C1CNCC12CCCC(C(C)(C)C)CC2. The predicted octanol–water partition coefficient (Wildman–Crippen LogP) is 3.38. The molecule has 1 N–H and O–H groups in total. The van der Waals surface area contributed by atoms with E-state index >= 15 is 0 Å². The maximum atomic E-state index is 12.2. The molecule has 1 aliphatic heterocycles. The van der Waals surface area contributed by atoms with Gasteiger partial charge in [-0.15, -0.1) is 0 Å². The first-order chi connectivity index (χ1) is 9.39. The molecule has 0 bridgehead atoms. The highest BCUT2D eigenvalue weighted by atomic mass is 16.5. The van der Waals surface area contributed by atoms with Gasteiger partial charge in [-0.2, -0.15) is 0 Å². The summed E-state index contributed by atoms with van der Waals surface area (Å²) in [5.41, 5.74) is 0.545. The summed E-state index contributed by atoms with van der Waals surface area (Å²) in [7, 11) is 0. The number of hydrogen-bond acceptors (Lipinski definition) is 3. The maximum Gasteiger partial charge on any atom is 0.310 e. The Labute approximate surface area is 123 Å². The van der Waals surface area contributed by atoms with Gasteiger partial charge in [-0.3, -0.25) is 4.79 Å². The van der Waals surface area contributed by atoms with Gasteiger partial charge in [0, 0.05) is 13.1 Å². The van der Waals surface area contributed by atoms with Crippen molar-refractivity contribution in [1.29, 1.82) is 0 Å². The second-order valence-electron chi connectivity index (χ2n) is 7.79. The lowest BCUT2D eigenvalue weighted by Crippen LogP contribution is -2.36. The number of carbonyl (C=O) groups is 1. The smallest absolute Gasteiger partial charge is 0.310 e. The number of rotatable bonds is 2. The predicted molar refractivity (Wildman–Crippen MR) is 81.5 cm³/mol. The molecular weight excluding hydrogens is 250 g/mol. The molecule has 1 heterocycles. The van der Waals surface area contributed by atoms with E-state index in [1.807, 2.05) is 6.92 Å². The normalized spacial score (nSPS) is 35.0. The fourth-order valence-electron chi connectivity index (χ4n) is 4.20. The minimum Gasteiger partial charge on any atom is -0.466 e. The molecule has 3 atom stereocenters. The Hall–Kier alpha value is -0.570. The minimum absolute atomic E-state index is 0.0201. The fourth-order valence-corrected chi connectivity index (χ4v) is 4.20. The number of carbonyl (C=O) groups excluding carboxylic acids is 1. The molecule has 0 radical (unpaired) electrons. The summed E-state index contributed by atoms with van der Waals surface area (Å²) in [5, 5.41) is 3.45. The highest BCUT2D eigenvalue weighted by molar-refractivity contribution is 5.74. The summed E-state index contributed by atoms with van der Waals surface area (Å²) in [5.74, 6) is 0.873. The van der Waals surface area contributed by atoms with Crippen molar-refractivity contribution >= 4 is 5.97 Å². The second kappa shape index (κ2) is 6.05. The Kier molecular flexibility index (Phi) is 4.78. The zero-order chi connectivity index (χ0) is 14.8. The van der Waals surface area contributed by atoms with E-state index in [-0.39, 0.29) is 17.3 Å². The molecule has 3 heteroatoms. The van der Waals surface area contributed by atoms with E-state index in [0.29, 0.717) is 12.0 Å². The lowest BCUT2D eigenvalue weighted by molar-refractivity contribution is -0.151. The van der Waals surface area contributed by atoms with Gasteiger partial charge >= 0.3 is 5.97 Å². The van der Waals surface area contributed by atoms with E-state index in [2.05, 4.69) is 26.1 Å². The average Bonchev–Trinajstić information content (AvgIpc) is 2.62. The summed E-state index contributed by atoms with van der Waals surface area (Å²) < 4.78 is 5.31. The third kappa shape index (κ3) is 3.19. The van der Waals surface area contributed by atoms with E-state index in [1.165, 1.54) is 32.1 Å². The largest absolute Gasteiger partial charge is 0.466 e. The number of esters is 1. The van der Waals surface area contributed by atoms with Crippen LogP contribution in [0.25, 0.3) is 0 Å². The zero-order valence-electron chi connectivity index (χ0n) is 13.6. The fraction of sp³-hybridized carbons (Fsp3) is 0.941. The first kappa shape index (κ1) is 15.8. The van der Waals surface area contributed by atoms with Crippen LogP contribution in [0.1, 0.15) is 59.8 Å². The summed E-state index contributed by atoms with van der Waals surface area (Å²) in [4.78, 5) is 12.2. The number of hydrogen-bond donors (Lipinski definition) is 1. The number of ether oxygens (including phenoxy) is 1. The van der Waals surface area contributed by atoms with Crippen molar-refractivity contribution in [1.82, 2.24) is 5.32 Å². The summed E-state index contributed by atoms with van der Waals surface area (Å²) in [6.07, 6.45) is 6.16. The lowest BCUT2D eigenvalue weighted by atomic mass is 9.71. The summed E-state index contributed by atoms with van der Waals surface area (Å²) in [6.45, 7) is 11.3. The van der Waals surface area contributed by atoms with Crippen LogP contribution in [0.2, 0.25) is 0 Å². The first-order valence-electron chi connectivity index (χ1n) is 8.26. The molecule has 0 aromatic heterocycles. The van der Waals surface area contributed by atoms with Gasteiger partial charge in [0.1, 0.15) is 0 Å². The quantitative estimate of drug-likeness (QED) is 0.789. The summed E-state index contributed by atoms with van der Waals surface area (Å²) in [6, 6.07) is 0. The topological polar surface area (TPSA) is 38.3 Å². The maximum absolute atomic E-state index is 12.2. The second-order valence-corrected chi connectivity index (χ2v) is 7.79. The average molecular weight is 281 g/mol. The van der Waals surface area contributed by atoms with Gasteiger partial charge < -0.3 is 10.1 Å². The Morgan fingerprint density at radius 1 is 1.30 bits per heavy atom. The molecule has 2 fully saturated rings. The van der Waals surface area contributed by atoms with Crippen molar-refractivity contribution < 1.29 is 9.53 Å². The van der Waals surface area contributed by atoms with Gasteiger partial charge in [-0.1, -0.05) is 27.2 Å². The minimum atomic E-state index is 0.0201. The van der Waals surface area contributed by atoms with Crippen LogP contribution in [0, 0.1) is 22.7 Å². The van der Waals surface area contributed by atoms with Crippen LogP contribution in [0.3, 0.4) is 0 Å². The van der Waals surface area contributed by atoms with Crippen LogP contribution in [0.5, 0.6) is 0 Å². The van der Waals surface area contributed by atoms with Crippen LogP contribution in [0.15, 0.2) is 0 Å². The highest BCUT2D eigenvalue weighted by Gasteiger charge is 2.48. The molecule has 20 heavy (non-hydrogen) atoms. The molecule has 1 saturated heterocycles.